The van der Waals surface area contributed by atoms with Gasteiger partial charge in [-0.1, -0.05) is 6.07 Å². The van der Waals surface area contributed by atoms with Gasteiger partial charge < -0.3 is 5.32 Å². The number of hydrogen-bond acceptors (Lipinski definition) is 4. The standard InChI is InChI=1S/C18H21N3O3S/c1-13-11-15-12-14(6-7-17(15)21(13)25(2,23)24)18(22)20-10-8-16-5-3-4-9-19-16/h3-7,9,12-13H,8,10-11H2,1-2H3,(H,20,22)/t13-/m1/s1. The lowest BCUT2D eigenvalue weighted by molar-refractivity contribution is 0.0954. The van der Waals surface area contributed by atoms with E-state index >= 15 is 0 Å². The monoisotopic (exact) mass is 359 g/mol. The van der Waals surface area contributed by atoms with E-state index in [1.54, 1.807) is 24.4 Å². The third-order valence-electron chi connectivity index (χ3n) is 4.24. The number of pyridine rings is 1. The molecule has 1 N–H and O–H groups in total. The van der Waals surface area contributed by atoms with E-state index in [4.69, 9.17) is 0 Å². The Balaban J connectivity index is 1.68. The summed E-state index contributed by atoms with van der Waals surface area (Å²) in [6, 6.07) is 10.7. The van der Waals surface area contributed by atoms with E-state index < -0.39 is 10.0 Å². The van der Waals surface area contributed by atoms with Crippen LogP contribution in [0, 0.1) is 0 Å². The number of sulfonamides is 1. The van der Waals surface area contributed by atoms with Gasteiger partial charge in [-0.3, -0.25) is 14.1 Å². The quantitative estimate of drug-likeness (QED) is 0.882. The minimum Gasteiger partial charge on any atom is -0.352 e. The van der Waals surface area contributed by atoms with E-state index in [1.807, 2.05) is 25.1 Å². The van der Waals surface area contributed by atoms with Gasteiger partial charge in [0.2, 0.25) is 10.0 Å². The molecule has 1 atom stereocenters. The summed E-state index contributed by atoms with van der Waals surface area (Å²) in [6.45, 7) is 2.37. The Bertz CT molecular complexity index is 882. The van der Waals surface area contributed by atoms with Crippen LogP contribution in [0.3, 0.4) is 0 Å². The van der Waals surface area contributed by atoms with Crippen molar-refractivity contribution in [3.8, 4) is 0 Å². The van der Waals surface area contributed by atoms with Crippen LogP contribution in [0.5, 0.6) is 0 Å². The average Bonchev–Trinajstić information content (AvgIpc) is 2.90. The lowest BCUT2D eigenvalue weighted by Gasteiger charge is -2.21. The number of benzene rings is 1. The molecule has 132 valence electrons. The molecule has 7 heteroatoms. The Morgan fingerprint density at radius 1 is 1.32 bits per heavy atom. The van der Waals surface area contributed by atoms with Gasteiger partial charge >= 0.3 is 0 Å². The molecule has 0 aliphatic carbocycles. The Kier molecular flexibility index (Phi) is 4.76. The molecule has 0 bridgehead atoms. The van der Waals surface area contributed by atoms with Crippen LogP contribution in [-0.2, 0) is 22.9 Å². The molecule has 25 heavy (non-hydrogen) atoms. The molecule has 1 aromatic heterocycles. The van der Waals surface area contributed by atoms with Crippen LogP contribution in [0.4, 0.5) is 5.69 Å². The van der Waals surface area contributed by atoms with E-state index in [9.17, 15) is 13.2 Å². The molecule has 1 aliphatic heterocycles. The molecule has 1 amide bonds. The van der Waals surface area contributed by atoms with E-state index in [-0.39, 0.29) is 11.9 Å². The van der Waals surface area contributed by atoms with Crippen molar-refractivity contribution in [2.24, 2.45) is 0 Å². The fourth-order valence-corrected chi connectivity index (χ4v) is 4.47. The first-order valence-electron chi connectivity index (χ1n) is 8.16. The van der Waals surface area contributed by atoms with Gasteiger partial charge in [-0.05, 0) is 49.2 Å². The Morgan fingerprint density at radius 3 is 2.80 bits per heavy atom. The van der Waals surface area contributed by atoms with Crippen LogP contribution >= 0.6 is 0 Å². The van der Waals surface area contributed by atoms with Crippen molar-refractivity contribution >= 4 is 21.6 Å². The summed E-state index contributed by atoms with van der Waals surface area (Å²) < 4.78 is 25.3. The number of carbonyl (C=O) groups excluding carboxylic acids is 1. The fourth-order valence-electron chi connectivity index (χ4n) is 3.20. The molecular weight excluding hydrogens is 338 g/mol. The fraction of sp³-hybridized carbons (Fsp3) is 0.333. The zero-order valence-electron chi connectivity index (χ0n) is 14.3. The topological polar surface area (TPSA) is 79.4 Å². The molecule has 1 aromatic carbocycles. The third-order valence-corrected chi connectivity index (χ3v) is 5.52. The van der Waals surface area contributed by atoms with Crippen LogP contribution in [0.1, 0.15) is 28.5 Å². The number of carbonyl (C=O) groups is 1. The van der Waals surface area contributed by atoms with Crippen LogP contribution < -0.4 is 9.62 Å². The van der Waals surface area contributed by atoms with E-state index in [0.29, 0.717) is 30.6 Å². The van der Waals surface area contributed by atoms with Crippen LogP contribution in [0.25, 0.3) is 0 Å². The van der Waals surface area contributed by atoms with E-state index in [0.717, 1.165) is 11.3 Å². The van der Waals surface area contributed by atoms with Gasteiger partial charge in [-0.2, -0.15) is 0 Å². The van der Waals surface area contributed by atoms with Crippen molar-refractivity contribution < 1.29 is 13.2 Å². The summed E-state index contributed by atoms with van der Waals surface area (Å²) >= 11 is 0. The second-order valence-electron chi connectivity index (χ2n) is 6.28. The van der Waals surface area contributed by atoms with Gasteiger partial charge in [-0.25, -0.2) is 8.42 Å². The van der Waals surface area contributed by atoms with Gasteiger partial charge in [-0.15, -0.1) is 0 Å². The molecule has 0 saturated heterocycles. The first-order valence-corrected chi connectivity index (χ1v) is 10.0. The van der Waals surface area contributed by atoms with Gasteiger partial charge in [0.05, 0.1) is 11.9 Å². The minimum atomic E-state index is -3.32. The number of rotatable bonds is 5. The molecule has 2 heterocycles. The van der Waals surface area contributed by atoms with Gasteiger partial charge in [0, 0.05) is 36.5 Å². The van der Waals surface area contributed by atoms with Crippen LogP contribution in [-0.4, -0.2) is 38.2 Å². The summed E-state index contributed by atoms with van der Waals surface area (Å²) in [4.78, 5) is 16.6. The number of hydrogen-bond donors (Lipinski definition) is 1. The predicted octanol–water partition coefficient (Wildman–Crippen LogP) is 1.76. The second-order valence-corrected chi connectivity index (χ2v) is 8.14. The largest absolute Gasteiger partial charge is 0.352 e. The summed E-state index contributed by atoms with van der Waals surface area (Å²) in [5, 5.41) is 2.88. The summed E-state index contributed by atoms with van der Waals surface area (Å²) in [6.07, 6.45) is 4.21. The number of nitrogens with zero attached hydrogens (tertiary/aromatic N) is 2. The summed E-state index contributed by atoms with van der Waals surface area (Å²) in [7, 11) is -3.32. The Labute approximate surface area is 147 Å². The average molecular weight is 359 g/mol. The minimum absolute atomic E-state index is 0.132. The Hall–Kier alpha value is -2.41. The van der Waals surface area contributed by atoms with Crippen molar-refractivity contribution in [2.45, 2.75) is 25.8 Å². The highest BCUT2D eigenvalue weighted by atomic mass is 32.2. The van der Waals surface area contributed by atoms with Crippen LogP contribution in [0.2, 0.25) is 0 Å². The van der Waals surface area contributed by atoms with Crippen molar-refractivity contribution in [2.75, 3.05) is 17.1 Å². The first kappa shape index (κ1) is 17.4. The molecule has 6 nitrogen and oxygen atoms in total. The number of fused-ring (bicyclic) bond motifs is 1. The molecule has 0 radical (unpaired) electrons. The first-order chi connectivity index (χ1) is 11.9. The van der Waals surface area contributed by atoms with Crippen molar-refractivity contribution in [1.82, 2.24) is 10.3 Å². The SMILES string of the molecule is C[C@@H]1Cc2cc(C(=O)NCCc3ccccn3)ccc2N1S(C)(=O)=O. The zero-order chi connectivity index (χ0) is 18.0. The van der Waals surface area contributed by atoms with Crippen molar-refractivity contribution in [3.63, 3.8) is 0 Å². The molecule has 2 aromatic rings. The summed E-state index contributed by atoms with van der Waals surface area (Å²) in [5.74, 6) is -0.163. The highest BCUT2D eigenvalue weighted by Gasteiger charge is 2.32. The second kappa shape index (κ2) is 6.84. The molecule has 0 spiro atoms. The Morgan fingerprint density at radius 2 is 2.12 bits per heavy atom. The zero-order valence-corrected chi connectivity index (χ0v) is 15.1. The van der Waals surface area contributed by atoms with Crippen LogP contribution in [0.15, 0.2) is 42.6 Å². The maximum atomic E-state index is 12.3. The molecule has 1 aliphatic rings. The molecule has 0 unspecified atom stereocenters. The molecule has 0 saturated carbocycles. The lowest BCUT2D eigenvalue weighted by atomic mass is 10.1. The number of nitrogens with one attached hydrogen (secondary N) is 1. The maximum absolute atomic E-state index is 12.3. The van der Waals surface area contributed by atoms with Gasteiger partial charge in [0.25, 0.3) is 5.91 Å². The van der Waals surface area contributed by atoms with Crippen molar-refractivity contribution in [1.29, 1.82) is 0 Å². The predicted molar refractivity (Wildman–Crippen MR) is 97.2 cm³/mol. The van der Waals surface area contributed by atoms with Gasteiger partial charge in [0.1, 0.15) is 0 Å². The molecule has 0 fully saturated rings. The normalized spacial score (nSPS) is 16.6. The highest BCUT2D eigenvalue weighted by Crippen LogP contribution is 2.34. The summed E-state index contributed by atoms with van der Waals surface area (Å²) in [5.41, 5.74) is 3.02. The van der Waals surface area contributed by atoms with E-state index in [1.165, 1.54) is 10.6 Å². The smallest absolute Gasteiger partial charge is 0.251 e. The molecular formula is C18H21N3O3S. The maximum Gasteiger partial charge on any atom is 0.251 e. The highest BCUT2D eigenvalue weighted by molar-refractivity contribution is 7.92. The van der Waals surface area contributed by atoms with Crippen molar-refractivity contribution in [3.05, 3.63) is 59.4 Å². The number of aromatic nitrogens is 1. The third kappa shape index (κ3) is 3.82. The number of anilines is 1. The molecule has 3 rings (SSSR count). The lowest BCUT2D eigenvalue weighted by Crippen LogP contribution is -2.34. The van der Waals surface area contributed by atoms with E-state index in [2.05, 4.69) is 10.3 Å². The van der Waals surface area contributed by atoms with Gasteiger partial charge in [0.15, 0.2) is 0 Å². The number of amides is 1.